The average molecular weight is 569 g/mol. The molecule has 0 aliphatic carbocycles. The molecule has 41 heavy (non-hydrogen) atoms. The van der Waals surface area contributed by atoms with Crippen LogP contribution in [0.4, 0.5) is 19.4 Å². The van der Waals surface area contributed by atoms with E-state index in [9.17, 15) is 13.6 Å². The van der Waals surface area contributed by atoms with Gasteiger partial charge in [-0.2, -0.15) is 5.06 Å². The number of carbonyl (C=O) groups is 1. The highest BCUT2D eigenvalue weighted by Crippen LogP contribution is 2.32. The van der Waals surface area contributed by atoms with Gasteiger partial charge in [0.1, 0.15) is 11.9 Å². The zero-order chi connectivity index (χ0) is 28.9. The second kappa shape index (κ2) is 13.0. The number of likely N-dealkylation sites (N-methyl/N-ethyl adjacent to an activating group) is 1. The zero-order valence-corrected chi connectivity index (χ0v) is 23.8. The first-order valence-electron chi connectivity index (χ1n) is 14.2. The van der Waals surface area contributed by atoms with Crippen molar-refractivity contribution in [2.24, 2.45) is 5.92 Å². The summed E-state index contributed by atoms with van der Waals surface area (Å²) in [6, 6.07) is 12.2. The monoisotopic (exact) mass is 568 g/mol. The van der Waals surface area contributed by atoms with Crippen molar-refractivity contribution < 1.29 is 23.1 Å². The summed E-state index contributed by atoms with van der Waals surface area (Å²) in [5.41, 5.74) is 1.93. The van der Waals surface area contributed by atoms with E-state index in [1.54, 1.807) is 9.75 Å². The maximum atomic E-state index is 14.0. The number of hydrogen-bond acceptors (Lipinski definition) is 6. The van der Waals surface area contributed by atoms with Gasteiger partial charge in [0.2, 0.25) is 5.88 Å². The molecule has 3 aromatic rings. The van der Waals surface area contributed by atoms with E-state index in [1.807, 2.05) is 44.2 Å². The summed E-state index contributed by atoms with van der Waals surface area (Å²) in [6.45, 7) is 7.50. The van der Waals surface area contributed by atoms with Crippen molar-refractivity contribution in [2.45, 2.75) is 45.3 Å². The van der Waals surface area contributed by atoms with Crippen LogP contribution in [0.3, 0.4) is 0 Å². The number of para-hydroxylation sites is 1. The third-order valence-corrected chi connectivity index (χ3v) is 7.88. The third kappa shape index (κ3) is 6.86. The van der Waals surface area contributed by atoms with Gasteiger partial charge in [-0.15, -0.1) is 5.10 Å². The van der Waals surface area contributed by atoms with Crippen molar-refractivity contribution in [3.8, 4) is 11.6 Å². The number of hydrogen-bond donors (Lipinski definition) is 2. The largest absolute Gasteiger partial charge is 0.476 e. The first-order valence-corrected chi connectivity index (χ1v) is 14.2. The van der Waals surface area contributed by atoms with Crippen LogP contribution in [0.5, 0.6) is 5.88 Å². The van der Waals surface area contributed by atoms with Gasteiger partial charge < -0.3 is 15.0 Å². The maximum Gasteiger partial charge on any atom is 0.320 e. The molecule has 220 valence electrons. The van der Waals surface area contributed by atoms with Gasteiger partial charge in [-0.1, -0.05) is 31.2 Å². The lowest BCUT2D eigenvalue weighted by molar-refractivity contribution is -0.144. The second-order valence-corrected chi connectivity index (χ2v) is 10.8. The Hall–Kier alpha value is -3.54. The Bertz CT molecular complexity index is 1330. The summed E-state index contributed by atoms with van der Waals surface area (Å²) < 4.78 is 35.3. The van der Waals surface area contributed by atoms with Crippen LogP contribution in [-0.4, -0.2) is 71.7 Å². The van der Waals surface area contributed by atoms with E-state index in [-0.39, 0.29) is 0 Å². The van der Waals surface area contributed by atoms with Crippen molar-refractivity contribution in [1.82, 2.24) is 25.1 Å². The Morgan fingerprint density at radius 2 is 1.88 bits per heavy atom. The molecule has 0 unspecified atom stereocenters. The number of anilines is 1. The first kappa shape index (κ1) is 29.0. The number of likely N-dealkylation sites (tertiary alicyclic amines) is 1. The Kier molecular flexibility index (Phi) is 9.16. The molecule has 2 N–H and O–H groups in total. The lowest BCUT2D eigenvalue weighted by atomic mass is 9.94. The fourth-order valence-corrected chi connectivity index (χ4v) is 5.40. The molecule has 2 aromatic carbocycles. The number of nitrogens with one attached hydrogen (secondary N) is 2. The molecular weight excluding hydrogens is 530 g/mol. The summed E-state index contributed by atoms with van der Waals surface area (Å²) >= 11 is 0. The van der Waals surface area contributed by atoms with E-state index < -0.39 is 29.8 Å². The quantitative estimate of drug-likeness (QED) is 0.375. The Balaban J connectivity index is 1.31. The fraction of sp³-hybridized carbons (Fsp3) is 0.467. The van der Waals surface area contributed by atoms with E-state index in [4.69, 9.17) is 14.7 Å². The van der Waals surface area contributed by atoms with Crippen LogP contribution in [0.2, 0.25) is 0 Å². The predicted octanol–water partition coefficient (Wildman–Crippen LogP) is 5.07. The average Bonchev–Trinajstić information content (AvgIpc) is 3.52. The molecule has 2 fully saturated rings. The molecule has 9 nitrogen and oxygen atoms in total. The van der Waals surface area contributed by atoms with Gasteiger partial charge in [0.15, 0.2) is 11.6 Å². The van der Waals surface area contributed by atoms with E-state index in [0.717, 1.165) is 50.2 Å². The molecule has 2 saturated heterocycles. The van der Waals surface area contributed by atoms with Gasteiger partial charge in [-0.05, 0) is 82.1 Å². The number of nitrogens with zero attached hydrogens (tertiary/aromatic N) is 4. The fourth-order valence-electron chi connectivity index (χ4n) is 5.40. The summed E-state index contributed by atoms with van der Waals surface area (Å²) in [7, 11) is 2.15. The number of rotatable bonds is 9. The molecule has 2 atom stereocenters. The lowest BCUT2D eigenvalue weighted by Crippen LogP contribution is -2.42. The van der Waals surface area contributed by atoms with Crippen molar-refractivity contribution in [2.75, 3.05) is 45.2 Å². The molecule has 1 aromatic heterocycles. The Labute approximate surface area is 239 Å². The number of piperidine rings is 1. The highest BCUT2D eigenvalue weighted by Gasteiger charge is 2.36. The standard InChI is InChI=1S/C30H38F2N6O3/c1-4-37-19-26(27(41-37)22-10-11-24(31)25(32)18-22)33-30(39)34-28-20(2)29(35-38(28)23-8-6-5-7-9-23)40-17-14-21-12-15-36(3)16-13-21/h5-11,18,21,26-27H,4,12-17,19H2,1-3H3,(H2,33,34,39)/t26-,27+/m1/s1. The van der Waals surface area contributed by atoms with Crippen LogP contribution in [0.15, 0.2) is 48.5 Å². The molecule has 2 amide bonds. The van der Waals surface area contributed by atoms with Crippen LogP contribution in [0.25, 0.3) is 5.69 Å². The second-order valence-electron chi connectivity index (χ2n) is 10.8. The van der Waals surface area contributed by atoms with Crippen LogP contribution in [-0.2, 0) is 4.84 Å². The third-order valence-electron chi connectivity index (χ3n) is 7.88. The van der Waals surface area contributed by atoms with Gasteiger partial charge in [-0.25, -0.2) is 18.3 Å². The van der Waals surface area contributed by atoms with Gasteiger partial charge in [0.05, 0.1) is 23.9 Å². The minimum atomic E-state index is -0.963. The van der Waals surface area contributed by atoms with Gasteiger partial charge in [0, 0.05) is 13.1 Å². The first-order chi connectivity index (χ1) is 19.8. The van der Waals surface area contributed by atoms with Gasteiger partial charge in [0.25, 0.3) is 0 Å². The molecule has 0 saturated carbocycles. The summed E-state index contributed by atoms with van der Waals surface area (Å²) in [4.78, 5) is 21.6. The van der Waals surface area contributed by atoms with Crippen LogP contribution < -0.4 is 15.4 Å². The van der Waals surface area contributed by atoms with Gasteiger partial charge >= 0.3 is 6.03 Å². The SMILES string of the molecule is CCN1C[C@@H](NC(=O)Nc2c(C)c(OCCC3CCN(C)CC3)nn2-c2ccccc2)[C@H](c2ccc(F)c(F)c2)O1. The number of benzene rings is 2. The number of hydroxylamine groups is 2. The molecule has 3 heterocycles. The molecule has 2 aliphatic heterocycles. The highest BCUT2D eigenvalue weighted by atomic mass is 19.2. The van der Waals surface area contributed by atoms with E-state index in [0.29, 0.717) is 48.4 Å². The Morgan fingerprint density at radius 3 is 2.59 bits per heavy atom. The molecule has 0 bridgehead atoms. The minimum Gasteiger partial charge on any atom is -0.476 e. The van der Waals surface area contributed by atoms with E-state index in [1.165, 1.54) is 6.07 Å². The van der Waals surface area contributed by atoms with Crippen LogP contribution >= 0.6 is 0 Å². The number of carbonyl (C=O) groups excluding carboxylic acids is 1. The smallest absolute Gasteiger partial charge is 0.320 e. The molecule has 11 heteroatoms. The van der Waals surface area contributed by atoms with Crippen molar-refractivity contribution >= 4 is 11.8 Å². The van der Waals surface area contributed by atoms with Crippen molar-refractivity contribution in [3.05, 3.63) is 71.3 Å². The minimum absolute atomic E-state index is 0.385. The summed E-state index contributed by atoms with van der Waals surface area (Å²) in [6.07, 6.45) is 2.61. The molecule has 0 radical (unpaired) electrons. The summed E-state index contributed by atoms with van der Waals surface area (Å²) in [5.74, 6) is -0.313. The topological polar surface area (TPSA) is 83.9 Å². The van der Waals surface area contributed by atoms with Crippen molar-refractivity contribution in [3.63, 3.8) is 0 Å². The normalized spacial score (nSPS) is 20.3. The zero-order valence-electron chi connectivity index (χ0n) is 23.8. The van der Waals surface area contributed by atoms with Crippen LogP contribution in [0, 0.1) is 24.5 Å². The molecular formula is C30H38F2N6O3. The molecule has 5 rings (SSSR count). The Morgan fingerprint density at radius 1 is 1.12 bits per heavy atom. The molecule has 0 spiro atoms. The van der Waals surface area contributed by atoms with Crippen molar-refractivity contribution in [1.29, 1.82) is 0 Å². The number of ether oxygens (including phenoxy) is 1. The molecule has 2 aliphatic rings. The number of amides is 2. The van der Waals surface area contributed by atoms with E-state index >= 15 is 0 Å². The number of urea groups is 1. The van der Waals surface area contributed by atoms with Gasteiger partial charge in [-0.3, -0.25) is 10.2 Å². The predicted molar refractivity (Wildman–Crippen MR) is 152 cm³/mol. The number of aromatic nitrogens is 2. The number of halogens is 2. The lowest BCUT2D eigenvalue weighted by Gasteiger charge is -2.28. The maximum absolute atomic E-state index is 14.0. The summed E-state index contributed by atoms with van der Waals surface area (Å²) in [5, 5.41) is 12.3. The van der Waals surface area contributed by atoms with E-state index in [2.05, 4.69) is 22.6 Å². The highest BCUT2D eigenvalue weighted by molar-refractivity contribution is 5.90. The van der Waals surface area contributed by atoms with Crippen LogP contribution in [0.1, 0.15) is 43.4 Å².